The Hall–Kier alpha value is -1.59. The lowest BCUT2D eigenvalue weighted by Gasteiger charge is -2.39. The molecule has 0 aliphatic carbocycles. The van der Waals surface area contributed by atoms with E-state index in [0.29, 0.717) is 13.0 Å². The quantitative estimate of drug-likeness (QED) is 0.797. The van der Waals surface area contributed by atoms with Gasteiger partial charge in [-0.05, 0) is 12.0 Å². The summed E-state index contributed by atoms with van der Waals surface area (Å²) in [4.78, 5) is 12.2. The summed E-state index contributed by atoms with van der Waals surface area (Å²) in [5.41, 5.74) is 0.654. The van der Waals surface area contributed by atoms with Crippen molar-refractivity contribution in [3.05, 3.63) is 29.8 Å². The van der Waals surface area contributed by atoms with Gasteiger partial charge in [0.25, 0.3) is 0 Å². The maximum atomic E-state index is 12.2. The van der Waals surface area contributed by atoms with E-state index < -0.39 is 11.8 Å². The van der Waals surface area contributed by atoms with E-state index in [0.717, 1.165) is 11.3 Å². The van der Waals surface area contributed by atoms with E-state index >= 15 is 0 Å². The zero-order valence-electron chi connectivity index (χ0n) is 13.3. The highest BCUT2D eigenvalue weighted by Gasteiger charge is 2.50. The van der Waals surface area contributed by atoms with Crippen LogP contribution >= 0.6 is 0 Å². The summed E-state index contributed by atoms with van der Waals surface area (Å²) < 4.78 is 5.77. The molecule has 3 N–H and O–H groups in total. The van der Waals surface area contributed by atoms with Gasteiger partial charge >= 0.3 is 0 Å². The monoisotopic (exact) mass is 304 g/mol. The number of ether oxygens (including phenoxy) is 1. The number of anilines is 1. The Labute approximate surface area is 131 Å². The molecule has 4 atom stereocenters. The molecule has 2 heterocycles. The molecule has 0 aromatic heterocycles. The van der Waals surface area contributed by atoms with E-state index in [1.807, 2.05) is 45.0 Å². The molecule has 0 spiro atoms. The minimum absolute atomic E-state index is 0.0184. The number of rotatable bonds is 3. The van der Waals surface area contributed by atoms with Crippen LogP contribution in [0, 0.1) is 11.8 Å². The minimum atomic E-state index is -1.09. The number of hydrogen-bond acceptors (Lipinski definition) is 4. The third kappa shape index (κ3) is 2.48. The summed E-state index contributed by atoms with van der Waals surface area (Å²) in [5.74, 6) is 0.250. The second-order valence-electron chi connectivity index (χ2n) is 6.77. The van der Waals surface area contributed by atoms with Crippen LogP contribution in [0.25, 0.3) is 0 Å². The van der Waals surface area contributed by atoms with Crippen molar-refractivity contribution in [2.45, 2.75) is 45.1 Å². The highest BCUT2D eigenvalue weighted by atomic mass is 16.5. The number of carbonyl (C=O) groups is 1. The number of nitrogens with one attached hydrogen (secondary N) is 2. The average molecular weight is 304 g/mol. The van der Waals surface area contributed by atoms with Crippen LogP contribution < -0.4 is 10.6 Å². The van der Waals surface area contributed by atoms with Gasteiger partial charge in [0, 0.05) is 23.6 Å². The standard InChI is InChI=1S/C17H24N2O3/c1-10(2)11(3)15(20)18-12-8-17(21)13-6-4-5-7-14(13)19-16(17)22-9-12/h4-7,10-12,16,19,21H,8-9H2,1-3H3,(H,18,20)/t11?,12?,16-,17+/m0/s1. The number of benzene rings is 1. The smallest absolute Gasteiger partial charge is 0.223 e. The van der Waals surface area contributed by atoms with Gasteiger partial charge in [-0.1, -0.05) is 39.0 Å². The first-order valence-electron chi connectivity index (χ1n) is 7.92. The fraction of sp³-hybridized carbons (Fsp3) is 0.588. The molecule has 1 saturated heterocycles. The summed E-state index contributed by atoms with van der Waals surface area (Å²) in [6.07, 6.45) is 0.0127. The second kappa shape index (κ2) is 5.56. The zero-order valence-corrected chi connectivity index (χ0v) is 13.3. The van der Waals surface area contributed by atoms with Crippen LogP contribution in [0.15, 0.2) is 24.3 Å². The van der Waals surface area contributed by atoms with Gasteiger partial charge in [-0.15, -0.1) is 0 Å². The fourth-order valence-electron chi connectivity index (χ4n) is 3.16. The first kappa shape index (κ1) is 15.3. The molecule has 2 aliphatic heterocycles. The first-order valence-corrected chi connectivity index (χ1v) is 7.92. The molecule has 2 unspecified atom stereocenters. The van der Waals surface area contributed by atoms with Crippen LogP contribution in [0.1, 0.15) is 32.8 Å². The molecular formula is C17H24N2O3. The lowest BCUT2D eigenvalue weighted by molar-refractivity contribution is -0.148. The molecule has 0 radical (unpaired) electrons. The third-order valence-electron chi connectivity index (χ3n) is 4.90. The van der Waals surface area contributed by atoms with Crippen LogP contribution in [-0.4, -0.2) is 29.9 Å². The van der Waals surface area contributed by atoms with Crippen molar-refractivity contribution in [2.75, 3.05) is 11.9 Å². The van der Waals surface area contributed by atoms with Crippen molar-refractivity contribution in [3.63, 3.8) is 0 Å². The second-order valence-corrected chi connectivity index (χ2v) is 6.77. The lowest BCUT2D eigenvalue weighted by atomic mass is 9.85. The van der Waals surface area contributed by atoms with E-state index in [2.05, 4.69) is 10.6 Å². The van der Waals surface area contributed by atoms with Gasteiger partial charge in [-0.25, -0.2) is 0 Å². The fourth-order valence-corrected chi connectivity index (χ4v) is 3.16. The molecule has 1 aromatic rings. The summed E-state index contributed by atoms with van der Waals surface area (Å²) >= 11 is 0. The maximum Gasteiger partial charge on any atom is 0.223 e. The van der Waals surface area contributed by atoms with E-state index in [1.165, 1.54) is 0 Å². The summed E-state index contributed by atoms with van der Waals surface area (Å²) in [6, 6.07) is 7.50. The van der Waals surface area contributed by atoms with Crippen LogP contribution in [0.4, 0.5) is 5.69 Å². The molecule has 0 bridgehead atoms. The summed E-state index contributed by atoms with van der Waals surface area (Å²) in [6.45, 7) is 6.39. The highest BCUT2D eigenvalue weighted by molar-refractivity contribution is 5.78. The van der Waals surface area contributed by atoms with Crippen LogP contribution in [0.3, 0.4) is 0 Å². The van der Waals surface area contributed by atoms with Crippen LogP contribution in [0.5, 0.6) is 0 Å². The molecule has 3 rings (SSSR count). The molecule has 2 aliphatic rings. The molecule has 0 saturated carbocycles. The molecule has 1 amide bonds. The van der Waals surface area contributed by atoms with Gasteiger partial charge in [0.05, 0.1) is 12.6 Å². The van der Waals surface area contributed by atoms with Gasteiger partial charge in [0.2, 0.25) is 5.91 Å². The first-order chi connectivity index (χ1) is 10.4. The van der Waals surface area contributed by atoms with Crippen molar-refractivity contribution in [3.8, 4) is 0 Å². The van der Waals surface area contributed by atoms with Crippen molar-refractivity contribution in [1.82, 2.24) is 5.32 Å². The summed E-state index contributed by atoms with van der Waals surface area (Å²) in [5, 5.41) is 17.3. The number of aliphatic hydroxyl groups is 1. The minimum Gasteiger partial charge on any atom is -0.380 e. The number of carbonyl (C=O) groups excluding carboxylic acids is 1. The predicted octanol–water partition coefficient (Wildman–Crippen LogP) is 1.82. The van der Waals surface area contributed by atoms with E-state index in [-0.39, 0.29) is 23.8 Å². The Kier molecular flexibility index (Phi) is 3.87. The topological polar surface area (TPSA) is 70.6 Å². The Bertz CT molecular complexity index is 575. The Morgan fingerprint density at radius 2 is 2.14 bits per heavy atom. The largest absolute Gasteiger partial charge is 0.380 e. The molecular weight excluding hydrogens is 280 g/mol. The van der Waals surface area contributed by atoms with Crippen molar-refractivity contribution in [1.29, 1.82) is 0 Å². The molecule has 5 heteroatoms. The van der Waals surface area contributed by atoms with E-state index in [4.69, 9.17) is 4.74 Å². The van der Waals surface area contributed by atoms with Crippen molar-refractivity contribution < 1.29 is 14.6 Å². The number of amides is 1. The molecule has 5 nitrogen and oxygen atoms in total. The average Bonchev–Trinajstić information content (AvgIpc) is 2.78. The lowest BCUT2D eigenvalue weighted by Crippen LogP contribution is -2.55. The van der Waals surface area contributed by atoms with Crippen LogP contribution in [0.2, 0.25) is 0 Å². The molecule has 22 heavy (non-hydrogen) atoms. The zero-order chi connectivity index (χ0) is 15.9. The van der Waals surface area contributed by atoms with Crippen LogP contribution in [-0.2, 0) is 15.1 Å². The van der Waals surface area contributed by atoms with Gasteiger partial charge in [0.1, 0.15) is 5.60 Å². The Balaban J connectivity index is 1.74. The van der Waals surface area contributed by atoms with Gasteiger partial charge in [-0.2, -0.15) is 0 Å². The highest BCUT2D eigenvalue weighted by Crippen LogP contribution is 2.44. The van der Waals surface area contributed by atoms with E-state index in [9.17, 15) is 9.90 Å². The molecule has 1 fully saturated rings. The Morgan fingerprint density at radius 1 is 1.41 bits per heavy atom. The number of para-hydroxylation sites is 1. The van der Waals surface area contributed by atoms with Crippen molar-refractivity contribution in [2.24, 2.45) is 11.8 Å². The third-order valence-corrected chi connectivity index (χ3v) is 4.90. The summed E-state index contributed by atoms with van der Waals surface area (Å²) in [7, 11) is 0. The predicted molar refractivity (Wildman–Crippen MR) is 84.3 cm³/mol. The van der Waals surface area contributed by atoms with E-state index in [1.54, 1.807) is 0 Å². The maximum absolute atomic E-state index is 12.2. The van der Waals surface area contributed by atoms with Gasteiger partial charge < -0.3 is 20.5 Å². The SMILES string of the molecule is CC(C)C(C)C(=O)NC1CO[C@@H]2Nc3ccccc3[C@]2(O)C1. The normalized spacial score (nSPS) is 31.1. The number of fused-ring (bicyclic) bond motifs is 3. The number of hydrogen-bond donors (Lipinski definition) is 3. The van der Waals surface area contributed by atoms with Gasteiger partial charge in [0.15, 0.2) is 6.23 Å². The van der Waals surface area contributed by atoms with Gasteiger partial charge in [-0.3, -0.25) is 4.79 Å². The molecule has 120 valence electrons. The Morgan fingerprint density at radius 3 is 2.86 bits per heavy atom. The molecule has 1 aromatic carbocycles. The van der Waals surface area contributed by atoms with Crippen molar-refractivity contribution >= 4 is 11.6 Å².